The highest BCUT2D eigenvalue weighted by Crippen LogP contribution is 2.16. The maximum Gasteiger partial charge on any atom is 0.189 e. The average Bonchev–Trinajstić information content (AvgIpc) is 2.18. The van der Waals surface area contributed by atoms with Crippen molar-refractivity contribution in [1.82, 2.24) is 0 Å². The minimum absolute atomic E-state index is 0.668. The van der Waals surface area contributed by atoms with Gasteiger partial charge in [0.25, 0.3) is 0 Å². The van der Waals surface area contributed by atoms with Crippen molar-refractivity contribution in [3.63, 3.8) is 0 Å². The molecule has 1 aliphatic heterocycles. The number of carbonyl (C=O) groups is 1. The highest BCUT2D eigenvalue weighted by Gasteiger charge is 2.33. The van der Waals surface area contributed by atoms with Crippen molar-refractivity contribution in [2.75, 3.05) is 0 Å². The van der Waals surface area contributed by atoms with Gasteiger partial charge in [0.2, 0.25) is 0 Å². The van der Waals surface area contributed by atoms with Crippen molar-refractivity contribution in [3.8, 4) is 0 Å². The topological polar surface area (TPSA) is 130 Å². The minimum Gasteiger partial charge on any atom is -0.547 e. The maximum atomic E-state index is 10.4. The number of ether oxygens (including phenoxy) is 1. The summed E-state index contributed by atoms with van der Waals surface area (Å²) in [6, 6.07) is 0. The lowest BCUT2D eigenvalue weighted by Crippen LogP contribution is -2.46. The Morgan fingerprint density at radius 1 is 1.43 bits per heavy atom. The summed E-state index contributed by atoms with van der Waals surface area (Å²) in [5.74, 6) is -2.51. The van der Waals surface area contributed by atoms with Crippen molar-refractivity contribution in [3.05, 3.63) is 11.8 Å². The molecule has 0 saturated heterocycles. The Morgan fingerprint density at radius 2 is 2.00 bits per heavy atom. The smallest absolute Gasteiger partial charge is 0.189 e. The standard InChI is InChI=1S/C7H10O7/c8-2-1-3(9)5(6(11)12)14-7(13)4(2)10/h1,3-5,7-10,13H,(H,11,12)/p-1/t3?,4-,5?,7?/m0/s1. The maximum absolute atomic E-state index is 10.4. The van der Waals surface area contributed by atoms with E-state index in [0.717, 1.165) is 0 Å². The van der Waals surface area contributed by atoms with E-state index < -0.39 is 36.3 Å². The van der Waals surface area contributed by atoms with Gasteiger partial charge in [0, 0.05) is 0 Å². The van der Waals surface area contributed by atoms with Crippen molar-refractivity contribution in [2.24, 2.45) is 0 Å². The molecule has 0 aliphatic carbocycles. The third-order valence-electron chi connectivity index (χ3n) is 1.74. The van der Waals surface area contributed by atoms with Gasteiger partial charge in [-0.15, -0.1) is 0 Å². The molecular weight excluding hydrogens is 196 g/mol. The van der Waals surface area contributed by atoms with E-state index in [2.05, 4.69) is 4.74 Å². The van der Waals surface area contributed by atoms with Crippen LogP contribution < -0.4 is 5.11 Å². The molecule has 7 nitrogen and oxygen atoms in total. The largest absolute Gasteiger partial charge is 0.547 e. The van der Waals surface area contributed by atoms with Crippen LogP contribution in [0.3, 0.4) is 0 Å². The number of carboxylic acid groups (broad SMARTS) is 1. The third-order valence-corrected chi connectivity index (χ3v) is 1.74. The van der Waals surface area contributed by atoms with Crippen molar-refractivity contribution >= 4 is 5.97 Å². The normalized spacial score (nSPS) is 38.6. The SMILES string of the molecule is O=C([O-])C1OC(O)[C@@H](O)C(O)=CC1O. The van der Waals surface area contributed by atoms with Crippen LogP contribution in [0.5, 0.6) is 0 Å². The number of carboxylic acids is 1. The van der Waals surface area contributed by atoms with Gasteiger partial charge < -0.3 is 35.1 Å². The summed E-state index contributed by atoms with van der Waals surface area (Å²) in [4.78, 5) is 10.4. The van der Waals surface area contributed by atoms with Gasteiger partial charge in [-0.25, -0.2) is 0 Å². The van der Waals surface area contributed by atoms with Gasteiger partial charge in [-0.2, -0.15) is 0 Å². The van der Waals surface area contributed by atoms with Gasteiger partial charge in [-0.3, -0.25) is 0 Å². The van der Waals surface area contributed by atoms with Gasteiger partial charge in [-0.1, -0.05) is 0 Å². The van der Waals surface area contributed by atoms with Crippen molar-refractivity contribution < 1.29 is 35.1 Å². The van der Waals surface area contributed by atoms with Crippen LogP contribution in [-0.2, 0) is 9.53 Å². The van der Waals surface area contributed by atoms with Crippen LogP contribution in [0.2, 0.25) is 0 Å². The van der Waals surface area contributed by atoms with Crippen LogP contribution >= 0.6 is 0 Å². The van der Waals surface area contributed by atoms with Crippen LogP contribution in [0.15, 0.2) is 11.8 Å². The van der Waals surface area contributed by atoms with E-state index in [1.807, 2.05) is 0 Å². The molecule has 14 heavy (non-hydrogen) atoms. The monoisotopic (exact) mass is 205 g/mol. The molecule has 3 unspecified atom stereocenters. The fourth-order valence-electron chi connectivity index (χ4n) is 1.01. The number of carbonyl (C=O) groups excluding carboxylic acids is 1. The second-order valence-electron chi connectivity index (χ2n) is 2.79. The lowest BCUT2D eigenvalue weighted by molar-refractivity contribution is -0.327. The fraction of sp³-hybridized carbons (Fsp3) is 0.571. The van der Waals surface area contributed by atoms with Gasteiger partial charge >= 0.3 is 0 Å². The predicted octanol–water partition coefficient (Wildman–Crippen LogP) is -3.38. The van der Waals surface area contributed by atoms with Crippen LogP contribution in [0.4, 0.5) is 0 Å². The molecule has 1 rings (SSSR count). The Balaban J connectivity index is 2.91. The number of aliphatic carboxylic acids is 1. The lowest BCUT2D eigenvalue weighted by atomic mass is 10.2. The minimum atomic E-state index is -1.92. The van der Waals surface area contributed by atoms with Crippen LogP contribution in [-0.4, -0.2) is 51.0 Å². The molecule has 0 aromatic rings. The molecule has 1 aliphatic rings. The van der Waals surface area contributed by atoms with Crippen molar-refractivity contribution in [1.29, 1.82) is 0 Å². The second-order valence-corrected chi connectivity index (χ2v) is 2.79. The van der Waals surface area contributed by atoms with E-state index >= 15 is 0 Å². The first kappa shape index (κ1) is 10.9. The number of rotatable bonds is 1. The second kappa shape index (κ2) is 3.93. The van der Waals surface area contributed by atoms with Gasteiger partial charge in [-0.05, 0) is 6.08 Å². The molecule has 0 fully saturated rings. The molecule has 7 heteroatoms. The van der Waals surface area contributed by atoms with E-state index in [1.54, 1.807) is 0 Å². The summed E-state index contributed by atoms with van der Waals surface area (Å²) in [6.45, 7) is 0. The Morgan fingerprint density at radius 3 is 2.50 bits per heavy atom. The number of hydrogen-bond acceptors (Lipinski definition) is 7. The molecule has 0 saturated carbocycles. The Kier molecular flexibility index (Phi) is 3.06. The highest BCUT2D eigenvalue weighted by atomic mass is 16.6. The van der Waals surface area contributed by atoms with Crippen molar-refractivity contribution in [2.45, 2.75) is 24.6 Å². The first-order chi connectivity index (χ1) is 6.43. The van der Waals surface area contributed by atoms with E-state index in [-0.39, 0.29) is 0 Å². The Bertz CT molecular complexity index is 261. The van der Waals surface area contributed by atoms with E-state index in [9.17, 15) is 9.90 Å². The quantitative estimate of drug-likeness (QED) is 0.351. The summed E-state index contributed by atoms with van der Waals surface area (Å²) in [5, 5.41) is 46.5. The summed E-state index contributed by atoms with van der Waals surface area (Å²) in [5.41, 5.74) is 0. The third kappa shape index (κ3) is 2.02. The van der Waals surface area contributed by atoms with Crippen LogP contribution in [0, 0.1) is 0 Å². The number of hydrogen-bond donors (Lipinski definition) is 4. The van der Waals surface area contributed by atoms with E-state index in [4.69, 9.17) is 20.4 Å². The van der Waals surface area contributed by atoms with Crippen LogP contribution in [0.1, 0.15) is 0 Å². The van der Waals surface area contributed by atoms with E-state index in [0.29, 0.717) is 6.08 Å². The molecule has 0 spiro atoms. The molecule has 4 N–H and O–H groups in total. The highest BCUT2D eigenvalue weighted by molar-refractivity contribution is 5.71. The summed E-state index contributed by atoms with van der Waals surface area (Å²) in [6.07, 6.45) is -6.56. The first-order valence-electron chi connectivity index (χ1n) is 3.74. The first-order valence-corrected chi connectivity index (χ1v) is 3.74. The molecule has 4 atom stereocenters. The summed E-state index contributed by atoms with van der Waals surface area (Å²) in [7, 11) is 0. The zero-order chi connectivity index (χ0) is 10.9. The Labute approximate surface area is 78.5 Å². The zero-order valence-electron chi connectivity index (χ0n) is 6.90. The number of aliphatic hydroxyl groups excluding tert-OH is 4. The molecule has 0 aromatic carbocycles. The molecule has 0 bridgehead atoms. The average molecular weight is 205 g/mol. The van der Waals surface area contributed by atoms with Gasteiger partial charge in [0.15, 0.2) is 12.4 Å². The van der Waals surface area contributed by atoms with Crippen LogP contribution in [0.25, 0.3) is 0 Å². The summed E-state index contributed by atoms with van der Waals surface area (Å²) < 4.78 is 4.35. The molecule has 1 heterocycles. The number of aliphatic hydroxyl groups is 4. The lowest BCUT2D eigenvalue weighted by Gasteiger charge is -2.23. The molecule has 0 aromatic heterocycles. The molecule has 80 valence electrons. The fourth-order valence-corrected chi connectivity index (χ4v) is 1.01. The van der Waals surface area contributed by atoms with Gasteiger partial charge in [0.1, 0.15) is 18.0 Å². The summed E-state index contributed by atoms with van der Waals surface area (Å²) >= 11 is 0. The Hall–Kier alpha value is -1.15. The van der Waals surface area contributed by atoms with Gasteiger partial charge in [0.05, 0.1) is 5.97 Å². The molecule has 0 radical (unpaired) electrons. The zero-order valence-corrected chi connectivity index (χ0v) is 6.90. The predicted molar refractivity (Wildman–Crippen MR) is 38.6 cm³/mol. The molecule has 0 amide bonds. The molecular formula is C7H9O7-. The van der Waals surface area contributed by atoms with E-state index in [1.165, 1.54) is 0 Å².